The van der Waals surface area contributed by atoms with E-state index in [9.17, 15) is 14.0 Å². The van der Waals surface area contributed by atoms with E-state index in [4.69, 9.17) is 21.4 Å². The van der Waals surface area contributed by atoms with Crippen LogP contribution in [0.3, 0.4) is 0 Å². The Bertz CT molecular complexity index is 557. The molecule has 0 bridgehead atoms. The van der Waals surface area contributed by atoms with Crippen molar-refractivity contribution in [1.82, 2.24) is 4.98 Å². The van der Waals surface area contributed by atoms with Crippen LogP contribution in [-0.2, 0) is 14.9 Å². The number of carbonyl (C=O) groups is 2. The van der Waals surface area contributed by atoms with E-state index in [1.54, 1.807) is 6.92 Å². The molecule has 0 aromatic carbocycles. The molecule has 1 saturated carbocycles. The summed E-state index contributed by atoms with van der Waals surface area (Å²) in [6, 6.07) is 0.881. The van der Waals surface area contributed by atoms with Crippen LogP contribution in [0.15, 0.2) is 6.07 Å². The fourth-order valence-corrected chi connectivity index (χ4v) is 2.05. The average Bonchev–Trinajstić information content (AvgIpc) is 3.13. The van der Waals surface area contributed by atoms with E-state index in [0.717, 1.165) is 6.07 Å². The number of esters is 1. The molecule has 0 spiro atoms. The first-order valence-corrected chi connectivity index (χ1v) is 6.07. The molecule has 1 N–H and O–H groups in total. The van der Waals surface area contributed by atoms with E-state index in [1.807, 2.05) is 0 Å². The topological polar surface area (TPSA) is 76.5 Å². The molecule has 5 nitrogen and oxygen atoms in total. The Labute approximate surface area is 113 Å². The molecule has 1 aliphatic carbocycles. The molecule has 0 aliphatic heterocycles. The molecular weight excluding hydrogens is 277 g/mol. The van der Waals surface area contributed by atoms with Gasteiger partial charge >= 0.3 is 11.9 Å². The average molecular weight is 288 g/mol. The minimum atomic E-state index is -1.30. The normalized spacial score (nSPS) is 15.9. The van der Waals surface area contributed by atoms with Crippen LogP contribution in [0.25, 0.3) is 0 Å². The highest BCUT2D eigenvalue weighted by Gasteiger charge is 2.55. The second-order valence-electron chi connectivity index (χ2n) is 4.26. The van der Waals surface area contributed by atoms with Gasteiger partial charge in [0, 0.05) is 0 Å². The van der Waals surface area contributed by atoms with Gasteiger partial charge in [-0.15, -0.1) is 0 Å². The van der Waals surface area contributed by atoms with Crippen molar-refractivity contribution in [3.05, 3.63) is 28.3 Å². The monoisotopic (exact) mass is 287 g/mol. The number of halogens is 2. The molecule has 0 unspecified atom stereocenters. The Hall–Kier alpha value is -1.69. The third-order valence-corrected chi connectivity index (χ3v) is 3.33. The van der Waals surface area contributed by atoms with Crippen LogP contribution in [0, 0.1) is 5.82 Å². The van der Waals surface area contributed by atoms with Gasteiger partial charge in [-0.25, -0.2) is 14.2 Å². The summed E-state index contributed by atoms with van der Waals surface area (Å²) in [7, 11) is 0. The van der Waals surface area contributed by atoms with E-state index < -0.39 is 23.2 Å². The van der Waals surface area contributed by atoms with Gasteiger partial charge in [0.05, 0.1) is 17.9 Å². The molecule has 0 amide bonds. The van der Waals surface area contributed by atoms with Gasteiger partial charge in [-0.1, -0.05) is 11.6 Å². The highest BCUT2D eigenvalue weighted by molar-refractivity contribution is 6.32. The highest BCUT2D eigenvalue weighted by atomic mass is 35.5. The summed E-state index contributed by atoms with van der Waals surface area (Å²) in [4.78, 5) is 26.4. The Morgan fingerprint density at radius 3 is 2.68 bits per heavy atom. The first-order valence-electron chi connectivity index (χ1n) is 5.69. The zero-order chi connectivity index (χ0) is 14.2. The SMILES string of the molecule is CCOC(=O)c1cc(F)c(C2(C(=O)O)CC2)nc1Cl. The maximum Gasteiger partial charge on any atom is 0.341 e. The van der Waals surface area contributed by atoms with Crippen LogP contribution >= 0.6 is 11.6 Å². The molecule has 1 fully saturated rings. The van der Waals surface area contributed by atoms with E-state index in [-0.39, 0.29) is 23.0 Å². The van der Waals surface area contributed by atoms with Crippen molar-refractivity contribution in [3.8, 4) is 0 Å². The van der Waals surface area contributed by atoms with Gasteiger partial charge in [-0.2, -0.15) is 0 Å². The van der Waals surface area contributed by atoms with E-state index in [1.165, 1.54) is 0 Å². The minimum Gasteiger partial charge on any atom is -0.481 e. The maximum atomic E-state index is 13.9. The Balaban J connectivity index is 2.43. The Morgan fingerprint density at radius 1 is 1.58 bits per heavy atom. The molecule has 1 aromatic heterocycles. The van der Waals surface area contributed by atoms with Crippen LogP contribution in [0.1, 0.15) is 35.8 Å². The largest absolute Gasteiger partial charge is 0.481 e. The quantitative estimate of drug-likeness (QED) is 0.678. The molecule has 1 aromatic rings. The third-order valence-electron chi connectivity index (χ3n) is 3.04. The summed E-state index contributed by atoms with van der Waals surface area (Å²) in [5.74, 6) is -2.78. The summed E-state index contributed by atoms with van der Waals surface area (Å²) in [5.41, 5.74) is -1.73. The zero-order valence-corrected chi connectivity index (χ0v) is 10.8. The lowest BCUT2D eigenvalue weighted by Crippen LogP contribution is -2.23. The van der Waals surface area contributed by atoms with Crippen LogP contribution in [0.5, 0.6) is 0 Å². The van der Waals surface area contributed by atoms with Crippen molar-refractivity contribution < 1.29 is 23.8 Å². The Kier molecular flexibility index (Phi) is 3.45. The number of hydrogen-bond donors (Lipinski definition) is 1. The standard InChI is InChI=1S/C12H11ClFNO4/c1-2-19-10(16)6-5-7(14)8(15-9(6)13)12(3-4-12)11(17)18/h5H,2-4H2,1H3,(H,17,18). The van der Waals surface area contributed by atoms with Gasteiger partial charge < -0.3 is 9.84 Å². The molecule has 0 radical (unpaired) electrons. The zero-order valence-electron chi connectivity index (χ0n) is 10.1. The van der Waals surface area contributed by atoms with Crippen LogP contribution in [0.4, 0.5) is 4.39 Å². The van der Waals surface area contributed by atoms with Crippen molar-refractivity contribution in [3.63, 3.8) is 0 Å². The number of aromatic nitrogens is 1. The molecular formula is C12H11ClFNO4. The second kappa shape index (κ2) is 4.77. The van der Waals surface area contributed by atoms with Crippen LogP contribution < -0.4 is 0 Å². The number of aliphatic carboxylic acids is 1. The molecule has 1 heterocycles. The number of hydrogen-bond acceptors (Lipinski definition) is 4. The predicted octanol–water partition coefficient (Wildman–Crippen LogP) is 2.17. The van der Waals surface area contributed by atoms with E-state index in [2.05, 4.69) is 4.98 Å². The molecule has 2 rings (SSSR count). The number of nitrogens with zero attached hydrogens (tertiary/aromatic N) is 1. The first kappa shape index (κ1) is 13.7. The molecule has 7 heteroatoms. The first-order chi connectivity index (χ1) is 8.92. The number of carboxylic acid groups (broad SMARTS) is 1. The van der Waals surface area contributed by atoms with E-state index >= 15 is 0 Å². The third kappa shape index (κ3) is 2.28. The van der Waals surface area contributed by atoms with Crippen molar-refractivity contribution in [2.24, 2.45) is 0 Å². The van der Waals surface area contributed by atoms with Crippen molar-refractivity contribution in [2.45, 2.75) is 25.2 Å². The lowest BCUT2D eigenvalue weighted by atomic mass is 10.0. The number of pyridine rings is 1. The predicted molar refractivity (Wildman–Crippen MR) is 63.7 cm³/mol. The van der Waals surface area contributed by atoms with Gasteiger partial charge in [0.15, 0.2) is 0 Å². The molecule has 1 aliphatic rings. The maximum absolute atomic E-state index is 13.9. The number of carbonyl (C=O) groups excluding carboxylic acids is 1. The molecule has 19 heavy (non-hydrogen) atoms. The molecule has 0 saturated heterocycles. The van der Waals surface area contributed by atoms with Crippen molar-refractivity contribution in [1.29, 1.82) is 0 Å². The van der Waals surface area contributed by atoms with Crippen LogP contribution in [-0.4, -0.2) is 28.6 Å². The van der Waals surface area contributed by atoms with Crippen LogP contribution in [0.2, 0.25) is 5.15 Å². The summed E-state index contributed by atoms with van der Waals surface area (Å²) in [5, 5.41) is 8.85. The van der Waals surface area contributed by atoms with Gasteiger partial charge in [0.25, 0.3) is 0 Å². The smallest absolute Gasteiger partial charge is 0.341 e. The lowest BCUT2D eigenvalue weighted by Gasteiger charge is -2.12. The fourth-order valence-electron chi connectivity index (χ4n) is 1.83. The van der Waals surface area contributed by atoms with Crippen molar-refractivity contribution in [2.75, 3.05) is 6.61 Å². The van der Waals surface area contributed by atoms with Gasteiger partial charge in [0.1, 0.15) is 16.4 Å². The number of ether oxygens (including phenoxy) is 1. The highest BCUT2D eigenvalue weighted by Crippen LogP contribution is 2.48. The summed E-state index contributed by atoms with van der Waals surface area (Å²) in [6.07, 6.45) is 0.614. The number of carboxylic acids is 1. The molecule has 0 atom stereocenters. The summed E-state index contributed by atoms with van der Waals surface area (Å²) < 4.78 is 18.6. The fraction of sp³-hybridized carbons (Fsp3) is 0.417. The second-order valence-corrected chi connectivity index (χ2v) is 4.62. The minimum absolute atomic E-state index is 0.123. The number of rotatable bonds is 4. The Morgan fingerprint density at radius 2 is 2.21 bits per heavy atom. The van der Waals surface area contributed by atoms with Gasteiger partial charge in [-0.05, 0) is 25.8 Å². The van der Waals surface area contributed by atoms with Gasteiger partial charge in [0.2, 0.25) is 0 Å². The summed E-state index contributed by atoms with van der Waals surface area (Å²) >= 11 is 5.80. The lowest BCUT2D eigenvalue weighted by molar-refractivity contribution is -0.140. The van der Waals surface area contributed by atoms with Gasteiger partial charge in [-0.3, -0.25) is 4.79 Å². The molecule has 102 valence electrons. The summed E-state index contributed by atoms with van der Waals surface area (Å²) in [6.45, 7) is 1.73. The van der Waals surface area contributed by atoms with Crippen molar-refractivity contribution >= 4 is 23.5 Å². The van der Waals surface area contributed by atoms with E-state index in [0.29, 0.717) is 12.8 Å².